The van der Waals surface area contributed by atoms with Crippen LogP contribution in [0.15, 0.2) is 12.2 Å². The minimum absolute atomic E-state index is 0.00578. The Morgan fingerprint density at radius 2 is 1.44 bits per heavy atom. The lowest BCUT2D eigenvalue weighted by Crippen LogP contribution is -2.70. The van der Waals surface area contributed by atoms with Crippen molar-refractivity contribution in [1.82, 2.24) is 0 Å². The molecule has 0 unspecified atom stereocenters. The lowest BCUT2D eigenvalue weighted by Gasteiger charge is -2.66. The van der Waals surface area contributed by atoms with Gasteiger partial charge in [0, 0.05) is 25.4 Å². The fourth-order valence-corrected chi connectivity index (χ4v) is 12.6. The predicted octanol–water partition coefficient (Wildman–Crippen LogP) is -0.102. The normalized spacial score (nSPS) is 50.8. The third-order valence-corrected chi connectivity index (χ3v) is 15.7. The van der Waals surface area contributed by atoms with Crippen molar-refractivity contribution >= 4 is 10.4 Å². The van der Waals surface area contributed by atoms with Crippen LogP contribution in [0.3, 0.4) is 0 Å². The number of fused-ring (bicyclic) bond motifs is 5. The van der Waals surface area contributed by atoms with Crippen LogP contribution in [0.5, 0.6) is 0 Å². The van der Waals surface area contributed by atoms with Gasteiger partial charge in [-0.25, -0.2) is 4.18 Å². The van der Waals surface area contributed by atoms with Gasteiger partial charge in [0.1, 0.15) is 36.6 Å². The Morgan fingerprint density at radius 3 is 2.11 bits per heavy atom. The standard InChI is InChI=1S/C39H66O17S/c1-18(20(3)15-52-35-33(31(26(44)17-53-35)56-57(48,49)50)55-36-32(51-6)30(46)25(43)16-54-36)7-8-19(2)21-13-23(41)34-37(21,4)12-10-27-38(5)11-9-22(40)29(45)28(38)24(42)14-39(27,34)47/h7-8,18-36,40-47H,9-17H2,1-6H3,(H,48,49,50)/b8-7+/t18-,19+,20-,21-,22+,23-,24+,25-,26+,27-,28+,29+,30+,31+,32-,33-,34-,35-,36+,37-,38-,39+/m1/s1. The number of hydrogen-bond acceptors (Lipinski definition) is 16. The van der Waals surface area contributed by atoms with Crippen molar-refractivity contribution in [3.8, 4) is 0 Å². The third kappa shape index (κ3) is 8.51. The molecule has 0 aromatic heterocycles. The topological polar surface area (TPSA) is 272 Å². The molecule has 6 rings (SSSR count). The predicted molar refractivity (Wildman–Crippen MR) is 199 cm³/mol. The smallest absolute Gasteiger partial charge is 0.393 e. The quantitative estimate of drug-likeness (QED) is 0.0917. The number of methoxy groups -OCH3 is 1. The molecule has 2 saturated heterocycles. The summed E-state index contributed by atoms with van der Waals surface area (Å²) in [5.74, 6) is -1.45. The first-order chi connectivity index (χ1) is 26.6. The molecule has 18 heteroatoms. The van der Waals surface area contributed by atoms with Crippen molar-refractivity contribution in [2.45, 2.75) is 152 Å². The van der Waals surface area contributed by atoms with Gasteiger partial charge in [0.15, 0.2) is 12.6 Å². The van der Waals surface area contributed by atoms with Crippen LogP contribution in [0, 0.1) is 52.3 Å². The summed E-state index contributed by atoms with van der Waals surface area (Å²) in [6.07, 6.45) is -8.05. The average molecular weight is 839 g/mol. The molecule has 57 heavy (non-hydrogen) atoms. The van der Waals surface area contributed by atoms with Gasteiger partial charge in [0.2, 0.25) is 0 Å². The largest absolute Gasteiger partial charge is 0.397 e. The summed E-state index contributed by atoms with van der Waals surface area (Å²) in [6.45, 7) is 9.54. The maximum atomic E-state index is 12.6. The zero-order valence-electron chi connectivity index (χ0n) is 33.7. The lowest BCUT2D eigenvalue weighted by molar-refractivity contribution is -0.344. The summed E-state index contributed by atoms with van der Waals surface area (Å²) in [7, 11) is -3.82. The molecule has 2 aliphatic heterocycles. The molecule has 0 aromatic carbocycles. The third-order valence-electron chi connectivity index (χ3n) is 15.2. The maximum Gasteiger partial charge on any atom is 0.397 e. The van der Waals surface area contributed by atoms with Gasteiger partial charge >= 0.3 is 10.4 Å². The molecule has 0 radical (unpaired) electrons. The van der Waals surface area contributed by atoms with E-state index >= 15 is 0 Å². The van der Waals surface area contributed by atoms with Crippen LogP contribution in [0.2, 0.25) is 0 Å². The van der Waals surface area contributed by atoms with Crippen molar-refractivity contribution in [3.63, 3.8) is 0 Å². The molecule has 4 saturated carbocycles. The van der Waals surface area contributed by atoms with E-state index in [1.165, 1.54) is 7.11 Å². The molecule has 4 aliphatic carbocycles. The van der Waals surface area contributed by atoms with Crippen molar-refractivity contribution in [1.29, 1.82) is 0 Å². The van der Waals surface area contributed by atoms with E-state index in [-0.39, 0.29) is 49.2 Å². The van der Waals surface area contributed by atoms with Crippen molar-refractivity contribution in [3.05, 3.63) is 12.2 Å². The van der Waals surface area contributed by atoms with Crippen LogP contribution < -0.4 is 0 Å². The van der Waals surface area contributed by atoms with E-state index in [1.54, 1.807) is 0 Å². The first-order valence-corrected chi connectivity index (χ1v) is 21.8. The van der Waals surface area contributed by atoms with Crippen LogP contribution in [-0.4, -0.2) is 160 Å². The van der Waals surface area contributed by atoms with Crippen LogP contribution in [0.4, 0.5) is 0 Å². The Balaban J connectivity index is 1.12. The highest BCUT2D eigenvalue weighted by atomic mass is 32.3. The highest BCUT2D eigenvalue weighted by Crippen LogP contribution is 2.69. The Labute approximate surface area is 335 Å². The zero-order chi connectivity index (χ0) is 42.0. The number of rotatable bonds is 12. The summed E-state index contributed by atoms with van der Waals surface area (Å²) >= 11 is 0. The fraction of sp³-hybridized carbons (Fsp3) is 0.949. The zero-order valence-corrected chi connectivity index (χ0v) is 34.5. The second-order valence-electron chi connectivity index (χ2n) is 18.6. The van der Waals surface area contributed by atoms with E-state index in [4.69, 9.17) is 27.9 Å². The van der Waals surface area contributed by atoms with Crippen molar-refractivity contribution < 1.29 is 81.7 Å². The van der Waals surface area contributed by atoms with Gasteiger partial charge in [0.05, 0.1) is 49.8 Å². The Morgan fingerprint density at radius 1 is 0.789 bits per heavy atom. The summed E-state index contributed by atoms with van der Waals surface area (Å²) in [4.78, 5) is 0. The monoisotopic (exact) mass is 838 g/mol. The SMILES string of the molecule is CO[C@H]1[C@H](O[C@H]2[C@H](OC[C@@H](C)[C@H](C)/C=C/[C@H](C)[C@H]3C[C@@H](O)[C@@H]4[C@]3(C)CC[C@@H]3[C@@]5(C)CC[C@H](O)[C@H](O)[C@@H]5[C@@H](O)C[C@]34O)OC[C@H](O)[C@@H]2OS(=O)(=O)O)OC[C@@H](O)[C@@H]1O. The van der Waals surface area contributed by atoms with Gasteiger partial charge in [-0.15, -0.1) is 0 Å². The van der Waals surface area contributed by atoms with Gasteiger partial charge in [-0.05, 0) is 72.5 Å². The molecule has 0 aromatic rings. The minimum Gasteiger partial charge on any atom is -0.393 e. The summed E-state index contributed by atoms with van der Waals surface area (Å²) in [5.41, 5.74) is -2.36. The summed E-state index contributed by atoms with van der Waals surface area (Å²) < 4.78 is 66.4. The van der Waals surface area contributed by atoms with Crippen LogP contribution >= 0.6 is 0 Å². The highest BCUT2D eigenvalue weighted by molar-refractivity contribution is 7.80. The first kappa shape index (κ1) is 45.6. The van der Waals surface area contributed by atoms with Gasteiger partial charge < -0.3 is 64.5 Å². The van der Waals surface area contributed by atoms with E-state index in [0.29, 0.717) is 25.7 Å². The van der Waals surface area contributed by atoms with Crippen LogP contribution in [-0.2, 0) is 38.3 Å². The number of aliphatic hydroxyl groups is 8. The molecule has 6 aliphatic rings. The van der Waals surface area contributed by atoms with Crippen molar-refractivity contribution in [2.24, 2.45) is 52.3 Å². The molecule has 2 heterocycles. The summed E-state index contributed by atoms with van der Waals surface area (Å²) in [5, 5.41) is 88.3. The summed E-state index contributed by atoms with van der Waals surface area (Å²) in [6, 6.07) is 0. The Kier molecular flexibility index (Phi) is 13.7. The Hall–Kier alpha value is -0.910. The molecule has 9 N–H and O–H groups in total. The van der Waals surface area contributed by atoms with Crippen LogP contribution in [0.1, 0.15) is 73.1 Å². The van der Waals surface area contributed by atoms with Gasteiger partial charge in [-0.2, -0.15) is 8.42 Å². The molecule has 330 valence electrons. The fourth-order valence-electron chi connectivity index (χ4n) is 12.1. The maximum absolute atomic E-state index is 12.6. The molecule has 6 fully saturated rings. The van der Waals surface area contributed by atoms with E-state index in [0.717, 1.165) is 6.42 Å². The van der Waals surface area contributed by atoms with Crippen molar-refractivity contribution in [2.75, 3.05) is 26.9 Å². The number of aliphatic hydroxyl groups excluding tert-OH is 7. The molecule has 0 amide bonds. The van der Waals surface area contributed by atoms with E-state index in [1.807, 2.05) is 20.8 Å². The number of allylic oxidation sites excluding steroid dienone is 2. The molecule has 17 nitrogen and oxygen atoms in total. The molecule has 22 atom stereocenters. The molecule has 0 bridgehead atoms. The van der Waals surface area contributed by atoms with E-state index in [2.05, 4.69) is 26.0 Å². The first-order valence-electron chi connectivity index (χ1n) is 20.4. The number of hydrogen-bond donors (Lipinski definition) is 9. The molecular weight excluding hydrogens is 772 g/mol. The molecular formula is C39H66O17S. The van der Waals surface area contributed by atoms with E-state index in [9.17, 15) is 53.8 Å². The highest BCUT2D eigenvalue weighted by Gasteiger charge is 2.71. The minimum atomic E-state index is -5.08. The second kappa shape index (κ2) is 17.1. The molecule has 0 spiro atoms. The van der Waals surface area contributed by atoms with Gasteiger partial charge in [0.25, 0.3) is 0 Å². The lowest BCUT2D eigenvalue weighted by atomic mass is 9.41. The number of ether oxygens (including phenoxy) is 5. The van der Waals surface area contributed by atoms with Gasteiger partial charge in [-0.1, -0.05) is 46.8 Å². The van der Waals surface area contributed by atoms with Crippen LogP contribution in [0.25, 0.3) is 0 Å². The van der Waals surface area contributed by atoms with Gasteiger partial charge in [-0.3, -0.25) is 4.55 Å². The average Bonchev–Trinajstić information content (AvgIpc) is 3.41. The Bertz CT molecular complexity index is 1520. The second-order valence-corrected chi connectivity index (χ2v) is 19.7. The van der Waals surface area contributed by atoms with E-state index < -0.39 is 119 Å².